The van der Waals surface area contributed by atoms with Crippen LogP contribution in [0.25, 0.3) is 0 Å². The van der Waals surface area contributed by atoms with Gasteiger partial charge in [-0.3, -0.25) is 0 Å². The molecule has 114 valence electrons. The van der Waals surface area contributed by atoms with Gasteiger partial charge < -0.3 is 19.5 Å². The van der Waals surface area contributed by atoms with Crippen LogP contribution in [0.1, 0.15) is 0 Å². The highest BCUT2D eigenvalue weighted by Gasteiger charge is 2.26. The average Bonchev–Trinajstić information content (AvgIpc) is 2.55. The third kappa shape index (κ3) is 3.98. The molecule has 0 radical (unpaired) electrons. The molecule has 3 aromatic rings. The number of benzene rings is 3. The minimum atomic E-state index is -0.709. The highest BCUT2D eigenvalue weighted by Crippen LogP contribution is 2.21. The summed E-state index contributed by atoms with van der Waals surface area (Å²) in [7, 11) is -0.709. The van der Waals surface area contributed by atoms with Crippen molar-refractivity contribution in [1.82, 2.24) is 0 Å². The Morgan fingerprint density at radius 2 is 1.13 bits per heavy atom. The van der Waals surface area contributed by atoms with E-state index in [1.807, 2.05) is 30.3 Å². The molecule has 0 amide bonds. The van der Waals surface area contributed by atoms with Crippen LogP contribution in [0.3, 0.4) is 0 Å². The van der Waals surface area contributed by atoms with Crippen molar-refractivity contribution in [2.75, 3.05) is 0 Å². The molecule has 0 aromatic heterocycles. The van der Waals surface area contributed by atoms with Gasteiger partial charge in [-0.25, -0.2) is 0 Å². The molecule has 0 fully saturated rings. The molecular weight excluding hydrogens is 291 g/mol. The van der Waals surface area contributed by atoms with Crippen molar-refractivity contribution >= 4 is 12.6 Å². The fourth-order valence-electron chi connectivity index (χ4n) is 2.13. The van der Waals surface area contributed by atoms with Gasteiger partial charge in [-0.15, -0.1) is 0 Å². The van der Waals surface area contributed by atoms with Crippen molar-refractivity contribution in [3.63, 3.8) is 0 Å². The van der Waals surface area contributed by atoms with Crippen LogP contribution in [0, 0.1) is 0 Å². The minimum Gasteiger partial charge on any atom is -0.522 e. The van der Waals surface area contributed by atoms with E-state index in [0.717, 1.165) is 5.46 Å². The summed E-state index contributed by atoms with van der Waals surface area (Å²) in [6.45, 7) is 0. The first-order chi connectivity index (χ1) is 11.2. The zero-order valence-electron chi connectivity index (χ0n) is 12.3. The van der Waals surface area contributed by atoms with Crippen molar-refractivity contribution in [3.05, 3.63) is 78.9 Å². The molecular formula is C18H15BO4. The number of hydrogen-bond donors (Lipinski definition) is 2. The second-order valence-corrected chi connectivity index (χ2v) is 4.97. The summed E-state index contributed by atoms with van der Waals surface area (Å²) in [4.78, 5) is 0. The van der Waals surface area contributed by atoms with Gasteiger partial charge in [0.05, 0.1) is 0 Å². The van der Waals surface area contributed by atoms with Gasteiger partial charge in [0.1, 0.15) is 23.0 Å². The van der Waals surface area contributed by atoms with Gasteiger partial charge in [-0.1, -0.05) is 42.5 Å². The van der Waals surface area contributed by atoms with Crippen LogP contribution in [0.15, 0.2) is 78.9 Å². The molecule has 0 heterocycles. The zero-order valence-corrected chi connectivity index (χ0v) is 12.3. The van der Waals surface area contributed by atoms with Crippen LogP contribution in [-0.2, 0) is 0 Å². The Hall–Kier alpha value is -3.08. The second-order valence-electron chi connectivity index (χ2n) is 4.97. The van der Waals surface area contributed by atoms with Gasteiger partial charge in [-0.05, 0) is 24.3 Å². The minimum absolute atomic E-state index is 0.117. The lowest BCUT2D eigenvalue weighted by Gasteiger charge is -2.17. The van der Waals surface area contributed by atoms with Crippen LogP contribution in [-0.4, -0.2) is 17.3 Å². The highest BCUT2D eigenvalue weighted by molar-refractivity contribution is 6.62. The Bertz CT molecular complexity index is 729. The Balaban J connectivity index is 1.87. The third-order valence-corrected chi connectivity index (χ3v) is 3.19. The van der Waals surface area contributed by atoms with Gasteiger partial charge in [0.15, 0.2) is 0 Å². The number of phenols is 2. The fourth-order valence-corrected chi connectivity index (χ4v) is 2.13. The van der Waals surface area contributed by atoms with E-state index in [1.165, 1.54) is 12.1 Å². The lowest BCUT2D eigenvalue weighted by Crippen LogP contribution is -2.42. The van der Waals surface area contributed by atoms with E-state index < -0.39 is 7.12 Å². The molecule has 5 heteroatoms. The number of aromatic hydroxyl groups is 2. The summed E-state index contributed by atoms with van der Waals surface area (Å²) in [6.07, 6.45) is 0. The molecule has 0 aliphatic heterocycles. The Morgan fingerprint density at radius 1 is 0.609 bits per heavy atom. The van der Waals surface area contributed by atoms with E-state index >= 15 is 0 Å². The Kier molecular flexibility index (Phi) is 4.38. The van der Waals surface area contributed by atoms with Gasteiger partial charge in [-0.2, -0.15) is 0 Å². The summed E-state index contributed by atoms with van der Waals surface area (Å²) < 4.78 is 11.7. The zero-order chi connectivity index (χ0) is 16.1. The predicted molar refractivity (Wildman–Crippen MR) is 89.3 cm³/mol. The van der Waals surface area contributed by atoms with Crippen molar-refractivity contribution in [1.29, 1.82) is 0 Å². The summed E-state index contributed by atoms with van der Waals surface area (Å²) in [5, 5.41) is 19.1. The van der Waals surface area contributed by atoms with Crippen LogP contribution in [0.4, 0.5) is 0 Å². The van der Waals surface area contributed by atoms with Crippen molar-refractivity contribution < 1.29 is 19.5 Å². The van der Waals surface area contributed by atoms with Crippen LogP contribution in [0.5, 0.6) is 23.0 Å². The van der Waals surface area contributed by atoms with E-state index in [9.17, 15) is 10.2 Å². The smallest absolute Gasteiger partial charge is 0.522 e. The van der Waals surface area contributed by atoms with Crippen LogP contribution >= 0.6 is 0 Å². The van der Waals surface area contributed by atoms with Crippen molar-refractivity contribution in [2.24, 2.45) is 0 Å². The average molecular weight is 306 g/mol. The first kappa shape index (κ1) is 14.8. The number of hydrogen-bond acceptors (Lipinski definition) is 4. The maximum atomic E-state index is 9.57. The standard InChI is InChI=1S/C18H15BO4/c20-15-8-4-10-17(12-15)22-19(14-6-2-1-3-7-14)23-18-11-5-9-16(21)13-18/h1-13,20-21H. The van der Waals surface area contributed by atoms with E-state index in [4.69, 9.17) is 9.31 Å². The summed E-state index contributed by atoms with van der Waals surface area (Å²) in [5.74, 6) is 1.20. The summed E-state index contributed by atoms with van der Waals surface area (Å²) in [5.41, 5.74) is 0.819. The molecule has 3 rings (SSSR count). The predicted octanol–water partition coefficient (Wildman–Crippen LogP) is 2.95. The topological polar surface area (TPSA) is 58.9 Å². The maximum absolute atomic E-state index is 9.57. The molecule has 3 aromatic carbocycles. The third-order valence-electron chi connectivity index (χ3n) is 3.19. The van der Waals surface area contributed by atoms with E-state index in [1.54, 1.807) is 36.4 Å². The van der Waals surface area contributed by atoms with Crippen molar-refractivity contribution in [3.8, 4) is 23.0 Å². The lowest BCUT2D eigenvalue weighted by atomic mass is 9.78. The lowest BCUT2D eigenvalue weighted by molar-refractivity contribution is 0.428. The van der Waals surface area contributed by atoms with Crippen molar-refractivity contribution in [2.45, 2.75) is 0 Å². The van der Waals surface area contributed by atoms with Gasteiger partial charge >= 0.3 is 7.12 Å². The monoisotopic (exact) mass is 306 g/mol. The van der Waals surface area contributed by atoms with Gasteiger partial charge in [0, 0.05) is 17.6 Å². The Labute approximate surface area is 134 Å². The summed E-state index contributed by atoms with van der Waals surface area (Å²) >= 11 is 0. The van der Waals surface area contributed by atoms with Gasteiger partial charge in [0.2, 0.25) is 0 Å². The first-order valence-electron chi connectivity index (χ1n) is 7.17. The molecule has 4 nitrogen and oxygen atoms in total. The van der Waals surface area contributed by atoms with E-state index in [0.29, 0.717) is 11.5 Å². The van der Waals surface area contributed by atoms with Gasteiger partial charge in [0.25, 0.3) is 0 Å². The highest BCUT2D eigenvalue weighted by atomic mass is 16.6. The van der Waals surface area contributed by atoms with Crippen LogP contribution < -0.4 is 14.8 Å². The van der Waals surface area contributed by atoms with E-state index in [-0.39, 0.29) is 11.5 Å². The first-order valence-corrected chi connectivity index (χ1v) is 7.17. The molecule has 0 spiro atoms. The molecule has 0 atom stereocenters. The molecule has 0 aliphatic carbocycles. The molecule has 0 saturated carbocycles. The quantitative estimate of drug-likeness (QED) is 0.712. The molecule has 0 bridgehead atoms. The Morgan fingerprint density at radius 3 is 1.61 bits per heavy atom. The molecule has 0 unspecified atom stereocenters. The van der Waals surface area contributed by atoms with E-state index in [2.05, 4.69) is 0 Å². The molecule has 23 heavy (non-hydrogen) atoms. The molecule has 2 N–H and O–H groups in total. The fraction of sp³-hybridized carbons (Fsp3) is 0. The van der Waals surface area contributed by atoms with Crippen LogP contribution in [0.2, 0.25) is 0 Å². The second kappa shape index (κ2) is 6.79. The molecule has 0 saturated heterocycles. The number of rotatable bonds is 5. The largest absolute Gasteiger partial charge is 0.632 e. The SMILES string of the molecule is Oc1cccc(OB(Oc2cccc(O)c2)c2ccccc2)c1. The maximum Gasteiger partial charge on any atom is 0.632 e. The molecule has 0 aliphatic rings. The summed E-state index contributed by atoms with van der Waals surface area (Å²) in [6, 6.07) is 22.5. The number of phenolic OH excluding ortho intramolecular Hbond substituents is 2. The normalized spacial score (nSPS) is 10.1.